The van der Waals surface area contributed by atoms with Crippen molar-refractivity contribution in [1.29, 1.82) is 0 Å². The number of aliphatic hydroxyl groups excluding tert-OH is 3. The van der Waals surface area contributed by atoms with E-state index in [0.29, 0.717) is 6.54 Å². The molecule has 0 aromatic heterocycles. The minimum Gasteiger partial charge on any atom is -0.389 e. The van der Waals surface area contributed by atoms with Crippen LogP contribution in [0, 0.1) is 0 Å². The van der Waals surface area contributed by atoms with Crippen LogP contribution in [0.1, 0.15) is 32.6 Å². The Bertz CT molecular complexity index is 216. The van der Waals surface area contributed by atoms with Gasteiger partial charge in [0, 0.05) is 12.6 Å². The maximum Gasteiger partial charge on any atom is 0.108 e. The van der Waals surface area contributed by atoms with E-state index < -0.39 is 18.3 Å². The highest BCUT2D eigenvalue weighted by atomic mass is 16.4. The number of β-amino-alcohol motifs (C(OH)–C–C–N with tert-alkyl or cyclic N) is 1. The topological polar surface area (TPSA) is 90.0 Å². The van der Waals surface area contributed by atoms with E-state index in [0.717, 1.165) is 38.8 Å². The molecule has 1 rings (SSSR count). The zero-order chi connectivity index (χ0) is 12.8. The van der Waals surface area contributed by atoms with Gasteiger partial charge in [-0.05, 0) is 32.9 Å². The van der Waals surface area contributed by atoms with Gasteiger partial charge in [0.15, 0.2) is 0 Å². The number of unbranched alkanes of at least 4 members (excludes halogenated alkanes) is 3. The van der Waals surface area contributed by atoms with Crippen LogP contribution in [0.4, 0.5) is 0 Å². The zero-order valence-electron chi connectivity index (χ0n) is 10.6. The van der Waals surface area contributed by atoms with E-state index in [1.165, 1.54) is 0 Å². The molecule has 5 N–H and O–H groups in total. The molecule has 1 fully saturated rings. The van der Waals surface area contributed by atoms with Gasteiger partial charge in [-0.25, -0.2) is 0 Å². The van der Waals surface area contributed by atoms with Crippen LogP contribution in [0.3, 0.4) is 0 Å². The standard InChI is InChI=1S/C12H26N2O3/c1-9-11(16)12(17)10(15)8-14(9)7-5-3-2-4-6-13/h9-12,15-17H,2-8,13H2,1H3/t9-,10+,11+,12-/m0/s1. The van der Waals surface area contributed by atoms with E-state index in [1.807, 2.05) is 11.8 Å². The maximum atomic E-state index is 9.76. The monoisotopic (exact) mass is 246 g/mol. The molecule has 5 nitrogen and oxygen atoms in total. The molecule has 0 spiro atoms. The van der Waals surface area contributed by atoms with Gasteiger partial charge in [-0.15, -0.1) is 0 Å². The van der Waals surface area contributed by atoms with Crippen molar-refractivity contribution in [3.8, 4) is 0 Å². The first kappa shape index (κ1) is 14.9. The summed E-state index contributed by atoms with van der Waals surface area (Å²) in [4.78, 5) is 2.05. The first-order valence-electron chi connectivity index (χ1n) is 6.56. The molecule has 4 atom stereocenters. The van der Waals surface area contributed by atoms with Gasteiger partial charge in [0.1, 0.15) is 6.10 Å². The predicted octanol–water partition coefficient (Wildman–Crippen LogP) is -0.708. The van der Waals surface area contributed by atoms with Crippen molar-refractivity contribution in [2.24, 2.45) is 5.73 Å². The van der Waals surface area contributed by atoms with Crippen LogP contribution in [-0.4, -0.2) is 64.2 Å². The molecular weight excluding hydrogens is 220 g/mol. The summed E-state index contributed by atoms with van der Waals surface area (Å²) in [6.07, 6.45) is 1.63. The largest absolute Gasteiger partial charge is 0.389 e. The number of aliphatic hydroxyl groups is 3. The molecule has 1 heterocycles. The maximum absolute atomic E-state index is 9.76. The molecule has 0 unspecified atom stereocenters. The van der Waals surface area contributed by atoms with Gasteiger partial charge >= 0.3 is 0 Å². The average molecular weight is 246 g/mol. The summed E-state index contributed by atoms with van der Waals surface area (Å²) in [5.41, 5.74) is 5.42. The van der Waals surface area contributed by atoms with Crippen molar-refractivity contribution in [2.75, 3.05) is 19.6 Å². The summed E-state index contributed by atoms with van der Waals surface area (Å²) in [6, 6.07) is -0.0945. The minimum atomic E-state index is -1.02. The second-order valence-corrected chi connectivity index (χ2v) is 4.99. The Morgan fingerprint density at radius 2 is 1.71 bits per heavy atom. The molecule has 0 aromatic rings. The van der Waals surface area contributed by atoms with Crippen LogP contribution >= 0.6 is 0 Å². The fourth-order valence-electron chi connectivity index (χ4n) is 2.35. The number of nitrogens with two attached hydrogens (primary N) is 1. The molecule has 102 valence electrons. The molecule has 1 aliphatic rings. The molecular formula is C12H26N2O3. The van der Waals surface area contributed by atoms with E-state index in [2.05, 4.69) is 0 Å². The summed E-state index contributed by atoms with van der Waals surface area (Å²) < 4.78 is 0. The molecule has 0 amide bonds. The highest BCUT2D eigenvalue weighted by Gasteiger charge is 2.38. The summed E-state index contributed by atoms with van der Waals surface area (Å²) in [7, 11) is 0. The van der Waals surface area contributed by atoms with Gasteiger partial charge in [0.2, 0.25) is 0 Å². The number of likely N-dealkylation sites (tertiary alicyclic amines) is 1. The second kappa shape index (κ2) is 7.28. The SMILES string of the molecule is C[C@H]1[C@@H](O)[C@@H](O)[C@H](O)CN1CCCCCCN. The fourth-order valence-corrected chi connectivity index (χ4v) is 2.35. The van der Waals surface area contributed by atoms with E-state index >= 15 is 0 Å². The minimum absolute atomic E-state index is 0.0945. The highest BCUT2D eigenvalue weighted by molar-refractivity contribution is 4.91. The van der Waals surface area contributed by atoms with E-state index in [-0.39, 0.29) is 6.04 Å². The van der Waals surface area contributed by atoms with E-state index in [9.17, 15) is 15.3 Å². The fraction of sp³-hybridized carbons (Fsp3) is 1.00. The van der Waals surface area contributed by atoms with Crippen molar-refractivity contribution in [3.63, 3.8) is 0 Å². The third kappa shape index (κ3) is 4.19. The van der Waals surface area contributed by atoms with Crippen molar-refractivity contribution < 1.29 is 15.3 Å². The Morgan fingerprint density at radius 3 is 2.35 bits per heavy atom. The van der Waals surface area contributed by atoms with E-state index in [1.54, 1.807) is 0 Å². The molecule has 0 saturated carbocycles. The first-order valence-corrected chi connectivity index (χ1v) is 6.56. The Labute approximate surface area is 103 Å². The molecule has 0 radical (unpaired) electrons. The third-order valence-electron chi connectivity index (χ3n) is 3.64. The number of rotatable bonds is 6. The lowest BCUT2D eigenvalue weighted by Crippen LogP contribution is -2.60. The van der Waals surface area contributed by atoms with Crippen LogP contribution < -0.4 is 5.73 Å². The van der Waals surface area contributed by atoms with Gasteiger partial charge in [0.25, 0.3) is 0 Å². The van der Waals surface area contributed by atoms with Crippen molar-refractivity contribution in [1.82, 2.24) is 4.90 Å². The summed E-state index contributed by atoms with van der Waals surface area (Å²) in [5.74, 6) is 0. The van der Waals surface area contributed by atoms with E-state index in [4.69, 9.17) is 5.73 Å². The van der Waals surface area contributed by atoms with Gasteiger partial charge in [-0.2, -0.15) is 0 Å². The molecule has 1 saturated heterocycles. The summed E-state index contributed by atoms with van der Waals surface area (Å²) in [6.45, 7) is 3.92. The molecule has 17 heavy (non-hydrogen) atoms. The Kier molecular flexibility index (Phi) is 6.37. The van der Waals surface area contributed by atoms with Crippen molar-refractivity contribution in [2.45, 2.75) is 57.0 Å². The normalized spacial score (nSPS) is 35.1. The van der Waals surface area contributed by atoms with Gasteiger partial charge < -0.3 is 21.1 Å². The van der Waals surface area contributed by atoms with Crippen LogP contribution in [-0.2, 0) is 0 Å². The second-order valence-electron chi connectivity index (χ2n) is 4.99. The number of nitrogens with zero attached hydrogens (tertiary/aromatic N) is 1. The number of hydrogen-bond acceptors (Lipinski definition) is 5. The highest BCUT2D eigenvalue weighted by Crippen LogP contribution is 2.19. The number of hydrogen-bond donors (Lipinski definition) is 4. The van der Waals surface area contributed by atoms with Crippen LogP contribution in [0.25, 0.3) is 0 Å². The van der Waals surface area contributed by atoms with Crippen LogP contribution in [0.5, 0.6) is 0 Å². The molecule has 0 aromatic carbocycles. The molecule has 0 aliphatic carbocycles. The molecule has 5 heteroatoms. The van der Waals surface area contributed by atoms with Crippen molar-refractivity contribution >= 4 is 0 Å². The van der Waals surface area contributed by atoms with Gasteiger partial charge in [-0.3, -0.25) is 4.90 Å². The lowest BCUT2D eigenvalue weighted by molar-refractivity contribution is -0.133. The Morgan fingerprint density at radius 1 is 1.06 bits per heavy atom. The quantitative estimate of drug-likeness (QED) is 0.465. The lowest BCUT2D eigenvalue weighted by atomic mass is 9.94. The van der Waals surface area contributed by atoms with Gasteiger partial charge in [-0.1, -0.05) is 12.8 Å². The summed E-state index contributed by atoms with van der Waals surface area (Å²) >= 11 is 0. The third-order valence-corrected chi connectivity index (χ3v) is 3.64. The number of piperidine rings is 1. The zero-order valence-corrected chi connectivity index (χ0v) is 10.6. The Hall–Kier alpha value is -0.200. The predicted molar refractivity (Wildman–Crippen MR) is 66.6 cm³/mol. The van der Waals surface area contributed by atoms with Crippen molar-refractivity contribution in [3.05, 3.63) is 0 Å². The molecule has 0 bridgehead atoms. The first-order chi connectivity index (χ1) is 8.07. The smallest absolute Gasteiger partial charge is 0.108 e. The Balaban J connectivity index is 2.28. The molecule has 1 aliphatic heterocycles. The van der Waals surface area contributed by atoms with Crippen LogP contribution in [0.15, 0.2) is 0 Å². The summed E-state index contributed by atoms with van der Waals surface area (Å²) in [5, 5.41) is 28.9. The van der Waals surface area contributed by atoms with Crippen LogP contribution in [0.2, 0.25) is 0 Å². The lowest BCUT2D eigenvalue weighted by Gasteiger charge is -2.42. The van der Waals surface area contributed by atoms with Gasteiger partial charge in [0.05, 0.1) is 12.2 Å². The average Bonchev–Trinajstić information content (AvgIpc) is 2.32.